The topological polar surface area (TPSA) is 46.5 Å². The van der Waals surface area contributed by atoms with Gasteiger partial charge in [-0.1, -0.05) is 32.9 Å². The van der Waals surface area contributed by atoms with Crippen molar-refractivity contribution in [1.82, 2.24) is 0 Å². The molecule has 0 aliphatic carbocycles. The third-order valence-corrected chi connectivity index (χ3v) is 7.96. The summed E-state index contributed by atoms with van der Waals surface area (Å²) in [5.74, 6) is -0.767. The van der Waals surface area contributed by atoms with E-state index in [1.54, 1.807) is 0 Å². The highest BCUT2D eigenvalue weighted by atomic mass is 28.4. The van der Waals surface area contributed by atoms with E-state index in [1.165, 1.54) is 0 Å². The van der Waals surface area contributed by atoms with Crippen LogP contribution in [-0.2, 0) is 9.22 Å². The molecule has 0 bridgehead atoms. The molecule has 100 valence electrons. The van der Waals surface area contributed by atoms with Crippen LogP contribution in [0.4, 0.5) is 0 Å². The summed E-state index contributed by atoms with van der Waals surface area (Å²) in [6.07, 6.45) is 1.48. The van der Waals surface area contributed by atoms with Crippen molar-refractivity contribution in [1.29, 1.82) is 0 Å². The van der Waals surface area contributed by atoms with Crippen LogP contribution < -0.4 is 0 Å². The van der Waals surface area contributed by atoms with Crippen molar-refractivity contribution in [2.24, 2.45) is 0 Å². The Hall–Kier alpha value is -0.613. The van der Waals surface area contributed by atoms with Gasteiger partial charge in [-0.05, 0) is 31.0 Å². The van der Waals surface area contributed by atoms with E-state index in [0.29, 0.717) is 13.0 Å². The van der Waals surface area contributed by atoms with Gasteiger partial charge in [-0.2, -0.15) is 0 Å². The monoisotopic (exact) mass is 258 g/mol. The first-order chi connectivity index (χ1) is 7.56. The van der Waals surface area contributed by atoms with Gasteiger partial charge < -0.3 is 9.53 Å². The SMILES string of the molecule is C=C(CCO[Si](C)(C)C(C)(C)C)CCC(=O)O. The Balaban J connectivity index is 3.92. The van der Waals surface area contributed by atoms with E-state index < -0.39 is 14.3 Å². The summed E-state index contributed by atoms with van der Waals surface area (Å²) in [5.41, 5.74) is 0.964. The van der Waals surface area contributed by atoms with Crippen molar-refractivity contribution >= 4 is 14.3 Å². The number of carboxylic acid groups (broad SMARTS) is 1. The highest BCUT2D eigenvalue weighted by molar-refractivity contribution is 6.74. The second-order valence-corrected chi connectivity index (χ2v) is 10.8. The molecule has 0 aromatic rings. The molecule has 0 saturated carbocycles. The lowest BCUT2D eigenvalue weighted by Gasteiger charge is -2.36. The van der Waals surface area contributed by atoms with Gasteiger partial charge in [0.2, 0.25) is 0 Å². The second-order valence-electron chi connectivity index (χ2n) is 6.00. The van der Waals surface area contributed by atoms with E-state index in [1.807, 2.05) is 0 Å². The Labute approximate surface area is 106 Å². The predicted molar refractivity (Wildman–Crippen MR) is 73.8 cm³/mol. The smallest absolute Gasteiger partial charge is 0.303 e. The number of carboxylic acids is 1. The zero-order valence-electron chi connectivity index (χ0n) is 11.8. The molecule has 0 spiro atoms. The van der Waals surface area contributed by atoms with Gasteiger partial charge in [0, 0.05) is 13.0 Å². The summed E-state index contributed by atoms with van der Waals surface area (Å²) in [6, 6.07) is 0. The molecule has 0 unspecified atom stereocenters. The highest BCUT2D eigenvalue weighted by Crippen LogP contribution is 2.36. The standard InChI is InChI=1S/C13H26O3Si/c1-11(7-8-12(14)15)9-10-16-17(5,6)13(2,3)4/h1,7-10H2,2-6H3,(H,14,15). The predicted octanol–water partition coefficient (Wildman–Crippen LogP) is 3.82. The third-order valence-electron chi connectivity index (χ3n) is 3.42. The Morgan fingerprint density at radius 3 is 2.18 bits per heavy atom. The molecule has 0 saturated heterocycles. The van der Waals surface area contributed by atoms with Gasteiger partial charge in [0.15, 0.2) is 8.32 Å². The maximum Gasteiger partial charge on any atom is 0.303 e. The van der Waals surface area contributed by atoms with E-state index in [0.717, 1.165) is 12.0 Å². The van der Waals surface area contributed by atoms with Gasteiger partial charge in [0.05, 0.1) is 0 Å². The first kappa shape index (κ1) is 16.4. The van der Waals surface area contributed by atoms with Crippen LogP contribution in [0.25, 0.3) is 0 Å². The first-order valence-corrected chi connectivity index (χ1v) is 8.99. The van der Waals surface area contributed by atoms with Gasteiger partial charge in [-0.15, -0.1) is 0 Å². The Kier molecular flexibility index (Phi) is 6.13. The normalized spacial score (nSPS) is 12.5. The Morgan fingerprint density at radius 1 is 1.24 bits per heavy atom. The third kappa shape index (κ3) is 6.63. The first-order valence-electron chi connectivity index (χ1n) is 6.08. The van der Waals surface area contributed by atoms with E-state index in [4.69, 9.17) is 9.53 Å². The van der Waals surface area contributed by atoms with Gasteiger partial charge in [0.1, 0.15) is 0 Å². The van der Waals surface area contributed by atoms with Crippen LogP contribution in [-0.4, -0.2) is 26.0 Å². The summed E-state index contributed by atoms with van der Waals surface area (Å²) in [4.78, 5) is 10.4. The van der Waals surface area contributed by atoms with Gasteiger partial charge >= 0.3 is 5.97 Å². The quantitative estimate of drug-likeness (QED) is 0.558. The van der Waals surface area contributed by atoms with Crippen LogP contribution in [0.3, 0.4) is 0 Å². The number of rotatable bonds is 7. The van der Waals surface area contributed by atoms with Crippen LogP contribution >= 0.6 is 0 Å². The molecule has 0 amide bonds. The van der Waals surface area contributed by atoms with Gasteiger partial charge in [0.25, 0.3) is 0 Å². The maximum absolute atomic E-state index is 10.4. The van der Waals surface area contributed by atoms with Gasteiger partial charge in [-0.25, -0.2) is 0 Å². The number of aliphatic carboxylic acids is 1. The Morgan fingerprint density at radius 2 is 1.76 bits per heavy atom. The minimum Gasteiger partial charge on any atom is -0.481 e. The molecule has 0 atom stereocenters. The van der Waals surface area contributed by atoms with Crippen molar-refractivity contribution in [3.05, 3.63) is 12.2 Å². The lowest BCUT2D eigenvalue weighted by molar-refractivity contribution is -0.136. The summed E-state index contributed by atoms with van der Waals surface area (Å²) in [6.45, 7) is 15.6. The maximum atomic E-state index is 10.4. The molecule has 0 radical (unpaired) electrons. The number of hydrogen-bond donors (Lipinski definition) is 1. The van der Waals surface area contributed by atoms with E-state index >= 15 is 0 Å². The van der Waals surface area contributed by atoms with Crippen molar-refractivity contribution in [2.45, 2.75) is 58.2 Å². The average Bonchev–Trinajstić information content (AvgIpc) is 2.12. The van der Waals surface area contributed by atoms with Crippen molar-refractivity contribution in [3.63, 3.8) is 0 Å². The van der Waals surface area contributed by atoms with Crippen LogP contribution in [0.5, 0.6) is 0 Å². The highest BCUT2D eigenvalue weighted by Gasteiger charge is 2.36. The van der Waals surface area contributed by atoms with Crippen LogP contribution in [0.2, 0.25) is 18.1 Å². The molecule has 1 N–H and O–H groups in total. The summed E-state index contributed by atoms with van der Waals surface area (Å²) in [7, 11) is -1.67. The van der Waals surface area contributed by atoms with E-state index in [9.17, 15) is 4.79 Å². The van der Waals surface area contributed by atoms with Crippen molar-refractivity contribution in [2.75, 3.05) is 6.61 Å². The summed E-state index contributed by atoms with van der Waals surface area (Å²) >= 11 is 0. The molecule has 0 aromatic heterocycles. The van der Waals surface area contributed by atoms with Crippen LogP contribution in [0.1, 0.15) is 40.0 Å². The van der Waals surface area contributed by atoms with E-state index in [-0.39, 0.29) is 11.5 Å². The lowest BCUT2D eigenvalue weighted by atomic mass is 10.1. The largest absolute Gasteiger partial charge is 0.481 e. The molecule has 0 aliphatic rings. The molecule has 0 fully saturated rings. The van der Waals surface area contributed by atoms with Crippen LogP contribution in [0.15, 0.2) is 12.2 Å². The molecular weight excluding hydrogens is 232 g/mol. The lowest BCUT2D eigenvalue weighted by Crippen LogP contribution is -2.41. The minimum atomic E-state index is -1.67. The number of carbonyl (C=O) groups is 1. The van der Waals surface area contributed by atoms with Crippen LogP contribution in [0, 0.1) is 0 Å². The van der Waals surface area contributed by atoms with Crippen molar-refractivity contribution < 1.29 is 14.3 Å². The van der Waals surface area contributed by atoms with E-state index in [2.05, 4.69) is 40.4 Å². The second kappa shape index (κ2) is 6.35. The zero-order valence-corrected chi connectivity index (χ0v) is 12.8. The molecule has 3 nitrogen and oxygen atoms in total. The fourth-order valence-corrected chi connectivity index (χ4v) is 2.12. The average molecular weight is 258 g/mol. The Bertz CT molecular complexity index is 277. The molecule has 17 heavy (non-hydrogen) atoms. The van der Waals surface area contributed by atoms with Gasteiger partial charge in [-0.3, -0.25) is 4.79 Å². The fraction of sp³-hybridized carbons (Fsp3) is 0.769. The zero-order chi connectivity index (χ0) is 13.7. The molecule has 0 heterocycles. The summed E-state index contributed by atoms with van der Waals surface area (Å²) < 4.78 is 6.00. The molecular formula is C13H26O3Si. The molecule has 4 heteroatoms. The molecule has 0 aliphatic heterocycles. The number of hydrogen-bond acceptors (Lipinski definition) is 2. The molecule has 0 rings (SSSR count). The molecule has 0 aromatic carbocycles. The minimum absolute atomic E-state index is 0.166. The van der Waals surface area contributed by atoms with Crippen molar-refractivity contribution in [3.8, 4) is 0 Å². The fourth-order valence-electron chi connectivity index (χ4n) is 1.08. The summed E-state index contributed by atoms with van der Waals surface area (Å²) in [5, 5.41) is 8.78.